The molecule has 21 heavy (non-hydrogen) atoms. The van der Waals surface area contributed by atoms with Gasteiger partial charge >= 0.3 is 0 Å². The number of benzene rings is 1. The molecule has 0 aromatic heterocycles. The van der Waals surface area contributed by atoms with E-state index in [1.54, 1.807) is 7.11 Å². The zero-order chi connectivity index (χ0) is 14.9. The minimum absolute atomic E-state index is 0.692. The van der Waals surface area contributed by atoms with Gasteiger partial charge in [0.1, 0.15) is 0 Å². The van der Waals surface area contributed by atoms with Crippen molar-refractivity contribution in [1.29, 1.82) is 0 Å². The highest BCUT2D eigenvalue weighted by Crippen LogP contribution is 2.05. The minimum Gasteiger partial charge on any atom is -0.383 e. The molecule has 116 valence electrons. The lowest BCUT2D eigenvalue weighted by Crippen LogP contribution is -2.52. The van der Waals surface area contributed by atoms with Crippen molar-refractivity contribution in [3.63, 3.8) is 0 Å². The molecule has 0 amide bonds. The molecule has 1 N–H and O–H groups in total. The number of nitrogens with zero attached hydrogens (tertiary/aromatic N) is 2. The van der Waals surface area contributed by atoms with Crippen LogP contribution in [-0.4, -0.2) is 67.9 Å². The topological polar surface area (TPSA) is 27.7 Å². The summed E-state index contributed by atoms with van der Waals surface area (Å²) in [5, 5.41) is 4.10. The van der Waals surface area contributed by atoms with Gasteiger partial charge in [0.25, 0.3) is 0 Å². The van der Waals surface area contributed by atoms with Crippen LogP contribution in [0.3, 0.4) is 0 Å². The molecule has 0 aliphatic carbocycles. The molecule has 0 spiro atoms. The molecule has 1 heterocycles. The fraction of sp³-hybridized carbons (Fsp3) is 0.562. The van der Waals surface area contributed by atoms with E-state index in [0.717, 1.165) is 50.8 Å². The number of hydrogen-bond acceptors (Lipinski definition) is 3. The van der Waals surface area contributed by atoms with Crippen molar-refractivity contribution in [2.75, 3.05) is 53.0 Å². The average Bonchev–Trinajstić information content (AvgIpc) is 2.54. The minimum atomic E-state index is 0.692. The van der Waals surface area contributed by atoms with E-state index in [1.165, 1.54) is 5.56 Å². The van der Waals surface area contributed by atoms with E-state index in [9.17, 15) is 0 Å². The highest BCUT2D eigenvalue weighted by atomic mass is 32.1. The maximum atomic E-state index is 5.41. The number of piperazine rings is 1. The van der Waals surface area contributed by atoms with Crippen LogP contribution in [0.5, 0.6) is 0 Å². The van der Waals surface area contributed by atoms with Crippen LogP contribution in [0.25, 0.3) is 0 Å². The molecule has 5 heteroatoms. The van der Waals surface area contributed by atoms with Crippen LogP contribution in [0.4, 0.5) is 0 Å². The third-order valence-electron chi connectivity index (χ3n) is 3.80. The van der Waals surface area contributed by atoms with Gasteiger partial charge in [-0.2, -0.15) is 0 Å². The second kappa shape index (κ2) is 8.97. The van der Waals surface area contributed by atoms with Crippen LogP contribution in [0.2, 0.25) is 0 Å². The van der Waals surface area contributed by atoms with Crippen molar-refractivity contribution in [3.05, 3.63) is 35.9 Å². The zero-order valence-corrected chi connectivity index (χ0v) is 13.6. The lowest BCUT2D eigenvalue weighted by Gasteiger charge is -2.36. The van der Waals surface area contributed by atoms with Gasteiger partial charge in [-0.3, -0.25) is 4.90 Å². The van der Waals surface area contributed by atoms with Crippen molar-refractivity contribution in [1.82, 2.24) is 15.1 Å². The zero-order valence-electron chi connectivity index (χ0n) is 12.8. The number of thiocarbonyl (C=S) groups is 1. The Hall–Kier alpha value is -1.17. The van der Waals surface area contributed by atoms with Gasteiger partial charge in [0.2, 0.25) is 0 Å². The summed E-state index contributed by atoms with van der Waals surface area (Å²) < 4.78 is 5.02. The van der Waals surface area contributed by atoms with E-state index in [1.807, 2.05) is 0 Å². The van der Waals surface area contributed by atoms with Gasteiger partial charge in [0.05, 0.1) is 6.61 Å². The first kappa shape index (κ1) is 16.2. The molecule has 1 saturated heterocycles. The molecule has 1 aromatic rings. The average molecular weight is 307 g/mol. The lowest BCUT2D eigenvalue weighted by molar-refractivity contribution is 0.179. The Morgan fingerprint density at radius 1 is 1.19 bits per heavy atom. The quantitative estimate of drug-likeness (QED) is 0.633. The number of methoxy groups -OCH3 is 1. The molecule has 0 radical (unpaired) electrons. The number of nitrogens with one attached hydrogen (secondary N) is 1. The first-order valence-electron chi connectivity index (χ1n) is 7.57. The Balaban J connectivity index is 1.65. The highest BCUT2D eigenvalue weighted by molar-refractivity contribution is 7.80. The Morgan fingerprint density at radius 2 is 1.90 bits per heavy atom. The maximum absolute atomic E-state index is 5.41. The van der Waals surface area contributed by atoms with Crippen molar-refractivity contribution in [2.24, 2.45) is 0 Å². The first-order chi connectivity index (χ1) is 10.3. The Kier molecular flexibility index (Phi) is 6.92. The normalized spacial score (nSPS) is 16.0. The van der Waals surface area contributed by atoms with E-state index in [4.69, 9.17) is 17.0 Å². The summed E-state index contributed by atoms with van der Waals surface area (Å²) >= 11 is 5.41. The van der Waals surface area contributed by atoms with Gasteiger partial charge < -0.3 is 15.0 Å². The summed E-state index contributed by atoms with van der Waals surface area (Å²) in [6.45, 7) is 6.78. The van der Waals surface area contributed by atoms with E-state index < -0.39 is 0 Å². The summed E-state index contributed by atoms with van der Waals surface area (Å²) in [4.78, 5) is 4.77. The van der Waals surface area contributed by atoms with E-state index >= 15 is 0 Å². The molecule has 4 nitrogen and oxygen atoms in total. The van der Waals surface area contributed by atoms with Crippen molar-refractivity contribution >= 4 is 17.3 Å². The van der Waals surface area contributed by atoms with Crippen LogP contribution in [0.1, 0.15) is 5.56 Å². The molecule has 0 unspecified atom stereocenters. The predicted molar refractivity (Wildman–Crippen MR) is 90.6 cm³/mol. The summed E-state index contributed by atoms with van der Waals surface area (Å²) in [5.41, 5.74) is 1.41. The van der Waals surface area contributed by atoms with E-state index in [-0.39, 0.29) is 0 Å². The largest absolute Gasteiger partial charge is 0.383 e. The fourth-order valence-corrected chi connectivity index (χ4v) is 2.76. The molecule has 1 aliphatic heterocycles. The molecular weight excluding hydrogens is 282 g/mol. The lowest BCUT2D eigenvalue weighted by atomic mass is 10.1. The van der Waals surface area contributed by atoms with Gasteiger partial charge in [0, 0.05) is 46.4 Å². The fourth-order valence-electron chi connectivity index (χ4n) is 2.48. The van der Waals surface area contributed by atoms with Crippen LogP contribution in [-0.2, 0) is 11.2 Å². The van der Waals surface area contributed by atoms with Crippen LogP contribution < -0.4 is 5.32 Å². The SMILES string of the molecule is COCCNC(=S)N1CCN(CCc2ccccc2)CC1. The smallest absolute Gasteiger partial charge is 0.169 e. The summed E-state index contributed by atoms with van der Waals surface area (Å²) in [6.07, 6.45) is 1.12. The second-order valence-electron chi connectivity index (χ2n) is 5.29. The Labute approximate surface area is 133 Å². The van der Waals surface area contributed by atoms with Gasteiger partial charge in [-0.15, -0.1) is 0 Å². The van der Waals surface area contributed by atoms with Crippen LogP contribution in [0.15, 0.2) is 30.3 Å². The monoisotopic (exact) mass is 307 g/mol. The predicted octanol–water partition coefficient (Wildman–Crippen LogP) is 1.37. The van der Waals surface area contributed by atoms with Crippen molar-refractivity contribution in [3.8, 4) is 0 Å². The molecule has 0 saturated carbocycles. The number of rotatable bonds is 6. The molecule has 1 aromatic carbocycles. The summed E-state index contributed by atoms with van der Waals surface area (Å²) in [7, 11) is 1.70. The summed E-state index contributed by atoms with van der Waals surface area (Å²) in [6, 6.07) is 10.7. The maximum Gasteiger partial charge on any atom is 0.169 e. The first-order valence-corrected chi connectivity index (χ1v) is 7.98. The molecule has 1 aliphatic rings. The summed E-state index contributed by atoms with van der Waals surface area (Å²) in [5.74, 6) is 0. The van der Waals surface area contributed by atoms with E-state index in [2.05, 4.69) is 45.4 Å². The Morgan fingerprint density at radius 3 is 2.57 bits per heavy atom. The number of ether oxygens (including phenoxy) is 1. The molecule has 0 bridgehead atoms. The highest BCUT2D eigenvalue weighted by Gasteiger charge is 2.18. The van der Waals surface area contributed by atoms with Gasteiger partial charge in [-0.1, -0.05) is 30.3 Å². The van der Waals surface area contributed by atoms with Crippen molar-refractivity contribution in [2.45, 2.75) is 6.42 Å². The van der Waals surface area contributed by atoms with Gasteiger partial charge in [0.15, 0.2) is 5.11 Å². The van der Waals surface area contributed by atoms with Gasteiger partial charge in [-0.25, -0.2) is 0 Å². The van der Waals surface area contributed by atoms with Gasteiger partial charge in [-0.05, 0) is 24.2 Å². The Bertz CT molecular complexity index is 419. The molecule has 1 fully saturated rings. The molecular formula is C16H25N3OS. The number of hydrogen-bond donors (Lipinski definition) is 1. The van der Waals surface area contributed by atoms with Crippen LogP contribution in [0, 0.1) is 0 Å². The van der Waals surface area contributed by atoms with Crippen molar-refractivity contribution < 1.29 is 4.74 Å². The third-order valence-corrected chi connectivity index (χ3v) is 4.20. The second-order valence-corrected chi connectivity index (χ2v) is 5.68. The third kappa shape index (κ3) is 5.61. The van der Waals surface area contributed by atoms with Crippen LogP contribution >= 0.6 is 12.2 Å². The molecule has 2 rings (SSSR count). The van der Waals surface area contributed by atoms with E-state index in [0.29, 0.717) is 6.61 Å². The standard InChI is InChI=1S/C16H25N3OS/c1-20-14-8-17-16(21)19-12-10-18(11-13-19)9-7-15-5-3-2-4-6-15/h2-6H,7-14H2,1H3,(H,17,21). The molecule has 0 atom stereocenters.